The van der Waals surface area contributed by atoms with E-state index in [9.17, 15) is 19.5 Å². The fourth-order valence-electron chi connectivity index (χ4n) is 6.77. The average Bonchev–Trinajstić information content (AvgIpc) is 3.57. The first-order valence-corrected chi connectivity index (χ1v) is 15.1. The van der Waals surface area contributed by atoms with Crippen molar-refractivity contribution in [3.05, 3.63) is 82.6 Å². The molecule has 2 aliphatic heterocycles. The summed E-state index contributed by atoms with van der Waals surface area (Å²) in [6.45, 7) is 4.82. The Labute approximate surface area is 249 Å². The van der Waals surface area contributed by atoms with Crippen LogP contribution in [0.2, 0.25) is 0 Å². The molecule has 0 radical (unpaired) electrons. The molecule has 1 fully saturated rings. The van der Waals surface area contributed by atoms with Crippen molar-refractivity contribution in [1.82, 2.24) is 19.0 Å². The van der Waals surface area contributed by atoms with Gasteiger partial charge in [-0.2, -0.15) is 0 Å². The van der Waals surface area contributed by atoms with Gasteiger partial charge in [-0.3, -0.25) is 18.7 Å². The second kappa shape index (κ2) is 12.2. The van der Waals surface area contributed by atoms with E-state index in [1.807, 2.05) is 72.3 Å². The number of nitrogens with one attached hydrogen (secondary N) is 1. The molecule has 1 amide bonds. The molecule has 10 nitrogen and oxygen atoms in total. The Hall–Kier alpha value is -4.15. The number of aromatic nitrogens is 3. The minimum atomic E-state index is -0.688. The van der Waals surface area contributed by atoms with E-state index < -0.39 is 6.29 Å². The molecule has 4 heterocycles. The van der Waals surface area contributed by atoms with Gasteiger partial charge in [0.2, 0.25) is 12.2 Å². The summed E-state index contributed by atoms with van der Waals surface area (Å²) in [7, 11) is 0. The summed E-state index contributed by atoms with van der Waals surface area (Å²) in [5.74, 6) is -0.528. The van der Waals surface area contributed by atoms with E-state index in [0.717, 1.165) is 27.5 Å². The highest BCUT2D eigenvalue weighted by atomic mass is 16.7. The van der Waals surface area contributed by atoms with Gasteiger partial charge in [-0.25, -0.2) is 4.79 Å². The maximum atomic E-state index is 14.0. The normalized spacial score (nSPS) is 21.2. The number of ether oxygens (including phenoxy) is 2. The molecule has 2 aromatic heterocycles. The first kappa shape index (κ1) is 28.9. The summed E-state index contributed by atoms with van der Waals surface area (Å²) in [5, 5.41) is 10.6. The predicted octanol–water partition coefficient (Wildman–Crippen LogP) is 4.56. The quantitative estimate of drug-likeness (QED) is 0.313. The number of nitrogens with zero attached hydrogens (tertiary/aromatic N) is 3. The van der Waals surface area contributed by atoms with Crippen molar-refractivity contribution in [2.75, 3.05) is 26.3 Å². The number of hydrogen-bond acceptors (Lipinski definition) is 6. The smallest absolute Gasteiger partial charge is 0.326 e. The molecule has 0 aliphatic carbocycles. The number of likely N-dealkylation sites (tertiary alicyclic amines) is 1. The van der Waals surface area contributed by atoms with Crippen LogP contribution in [0.25, 0.3) is 21.9 Å². The van der Waals surface area contributed by atoms with Crippen LogP contribution in [0.4, 0.5) is 0 Å². The van der Waals surface area contributed by atoms with E-state index >= 15 is 0 Å². The Morgan fingerprint density at radius 1 is 1.07 bits per heavy atom. The maximum absolute atomic E-state index is 14.0. The molecule has 0 unspecified atom stereocenters. The van der Waals surface area contributed by atoms with E-state index in [-0.39, 0.29) is 47.7 Å². The average molecular weight is 587 g/mol. The number of fused-ring (bicyclic) bond motifs is 2. The monoisotopic (exact) mass is 586 g/mol. The number of benzene rings is 2. The number of hydrogen-bond donors (Lipinski definition) is 2. The standard InChI is InChI=1S/C33H38N4O6/c1-3-42-32-24(10-8-18-38)25(26-20-36(21(2)39)28-12-6-4-9-23(26)28)19-30(43-32)31(40)35-16-14-22(15-17-35)37-29-13-7-5-11-27(29)34-33(37)41/h4-7,9,11-13,19-20,22,24-25,32,38H,3,8,10,14-18H2,1-2H3,(H,34,41)/t24-,25-,32+/m1/s1. The first-order valence-electron chi connectivity index (χ1n) is 15.1. The Morgan fingerprint density at radius 3 is 2.51 bits per heavy atom. The number of para-hydroxylation sites is 3. The Bertz CT molecular complexity index is 1720. The SMILES string of the molecule is CCO[C@H]1OC(C(=O)N2CCC(n3c(=O)[nH]c4ccccc43)CC2)=C[C@@H](c2cn(C(C)=O)c3ccccc23)[C@H]1CCCO. The number of amides is 1. The van der Waals surface area contributed by atoms with Gasteiger partial charge < -0.3 is 24.5 Å². The van der Waals surface area contributed by atoms with Gasteiger partial charge in [0, 0.05) is 62.7 Å². The summed E-state index contributed by atoms with van der Waals surface area (Å²) in [5.41, 5.74) is 3.27. The minimum Gasteiger partial charge on any atom is -0.459 e. The molecule has 0 bridgehead atoms. The zero-order valence-electron chi connectivity index (χ0n) is 24.6. The fourth-order valence-corrected chi connectivity index (χ4v) is 6.77. The van der Waals surface area contributed by atoms with Crippen molar-refractivity contribution in [3.8, 4) is 0 Å². The minimum absolute atomic E-state index is 0.0153. The predicted molar refractivity (Wildman–Crippen MR) is 163 cm³/mol. The van der Waals surface area contributed by atoms with E-state index in [0.29, 0.717) is 45.4 Å². The van der Waals surface area contributed by atoms with Crippen LogP contribution < -0.4 is 5.69 Å². The van der Waals surface area contributed by atoms with Crippen molar-refractivity contribution in [3.63, 3.8) is 0 Å². The van der Waals surface area contributed by atoms with Gasteiger partial charge in [0.15, 0.2) is 5.76 Å². The number of imidazole rings is 1. The van der Waals surface area contributed by atoms with Gasteiger partial charge in [0.1, 0.15) is 0 Å². The van der Waals surface area contributed by atoms with Gasteiger partial charge in [-0.05, 0) is 62.4 Å². The lowest BCUT2D eigenvalue weighted by molar-refractivity contribution is -0.170. The zero-order chi connectivity index (χ0) is 30.1. The lowest BCUT2D eigenvalue weighted by Gasteiger charge is -2.39. The number of carbonyl (C=O) groups excluding carboxylic acids is 2. The third kappa shape index (κ3) is 5.41. The molecule has 2 aromatic carbocycles. The van der Waals surface area contributed by atoms with Crippen LogP contribution in [0.5, 0.6) is 0 Å². The Balaban J connectivity index is 1.31. The highest BCUT2D eigenvalue weighted by molar-refractivity contribution is 5.95. The number of allylic oxidation sites excluding steroid dienone is 1. The van der Waals surface area contributed by atoms with Crippen LogP contribution in [0, 0.1) is 5.92 Å². The molecule has 4 aromatic rings. The summed E-state index contributed by atoms with van der Waals surface area (Å²) in [4.78, 5) is 44.0. The van der Waals surface area contributed by atoms with Crippen molar-refractivity contribution < 1.29 is 24.2 Å². The van der Waals surface area contributed by atoms with E-state index in [4.69, 9.17) is 9.47 Å². The van der Waals surface area contributed by atoms with E-state index in [2.05, 4.69) is 4.98 Å². The van der Waals surface area contributed by atoms with Crippen LogP contribution in [-0.2, 0) is 14.3 Å². The zero-order valence-corrected chi connectivity index (χ0v) is 24.6. The molecule has 10 heteroatoms. The van der Waals surface area contributed by atoms with Crippen molar-refractivity contribution in [1.29, 1.82) is 0 Å². The molecule has 2 aliphatic rings. The molecule has 2 N–H and O–H groups in total. The number of aromatic amines is 1. The molecule has 1 saturated heterocycles. The van der Waals surface area contributed by atoms with Crippen molar-refractivity contribution in [2.24, 2.45) is 5.92 Å². The van der Waals surface area contributed by atoms with Gasteiger partial charge >= 0.3 is 5.69 Å². The Morgan fingerprint density at radius 2 is 1.79 bits per heavy atom. The number of piperidine rings is 1. The largest absolute Gasteiger partial charge is 0.459 e. The number of aliphatic hydroxyl groups excluding tert-OH is 1. The van der Waals surface area contributed by atoms with Crippen molar-refractivity contribution in [2.45, 2.75) is 57.8 Å². The molecule has 43 heavy (non-hydrogen) atoms. The van der Waals surface area contributed by atoms with Gasteiger partial charge in [0.25, 0.3) is 5.91 Å². The molecular formula is C33H38N4O6. The van der Waals surface area contributed by atoms with Crippen LogP contribution in [-0.4, -0.2) is 68.5 Å². The molecule has 6 rings (SSSR count). The summed E-state index contributed by atoms with van der Waals surface area (Å²) < 4.78 is 15.8. The van der Waals surface area contributed by atoms with Crippen LogP contribution in [0.15, 0.2) is 71.4 Å². The summed E-state index contributed by atoms with van der Waals surface area (Å²) in [6, 6.07) is 15.4. The third-order valence-corrected chi connectivity index (χ3v) is 8.80. The molecule has 0 spiro atoms. The lowest BCUT2D eigenvalue weighted by atomic mass is 9.80. The third-order valence-electron chi connectivity index (χ3n) is 8.80. The number of aliphatic hydroxyl groups is 1. The van der Waals surface area contributed by atoms with Gasteiger partial charge in [-0.15, -0.1) is 0 Å². The number of rotatable bonds is 8. The second-order valence-corrected chi connectivity index (χ2v) is 11.4. The summed E-state index contributed by atoms with van der Waals surface area (Å²) in [6.07, 6.45) is 5.51. The lowest BCUT2D eigenvalue weighted by Crippen LogP contribution is -2.44. The van der Waals surface area contributed by atoms with E-state index in [1.165, 1.54) is 6.92 Å². The van der Waals surface area contributed by atoms with Crippen LogP contribution in [0.1, 0.15) is 61.8 Å². The summed E-state index contributed by atoms with van der Waals surface area (Å²) >= 11 is 0. The Kier molecular flexibility index (Phi) is 8.23. The number of carbonyl (C=O) groups is 2. The number of H-pyrrole nitrogens is 1. The highest BCUT2D eigenvalue weighted by Gasteiger charge is 2.40. The molecular weight excluding hydrogens is 548 g/mol. The van der Waals surface area contributed by atoms with E-state index in [1.54, 1.807) is 9.47 Å². The molecule has 226 valence electrons. The fraction of sp³-hybridized carbons (Fsp3) is 0.424. The van der Waals surface area contributed by atoms with Gasteiger partial charge in [-0.1, -0.05) is 30.3 Å². The second-order valence-electron chi connectivity index (χ2n) is 11.4. The van der Waals surface area contributed by atoms with Gasteiger partial charge in [0.05, 0.1) is 16.6 Å². The van der Waals surface area contributed by atoms with Crippen LogP contribution in [0.3, 0.4) is 0 Å². The van der Waals surface area contributed by atoms with Crippen LogP contribution >= 0.6 is 0 Å². The highest BCUT2D eigenvalue weighted by Crippen LogP contribution is 2.43. The first-order chi connectivity index (χ1) is 20.9. The topological polar surface area (TPSA) is 119 Å². The molecule has 0 saturated carbocycles. The maximum Gasteiger partial charge on any atom is 0.326 e. The molecule has 3 atom stereocenters. The van der Waals surface area contributed by atoms with Crippen molar-refractivity contribution >= 4 is 33.8 Å².